The van der Waals surface area contributed by atoms with Gasteiger partial charge < -0.3 is 5.11 Å². The minimum Gasteiger partial charge on any atom is -0.504 e. The third kappa shape index (κ3) is 3.38. The van der Waals surface area contributed by atoms with Crippen LogP contribution in [0, 0.1) is 11.3 Å². The van der Waals surface area contributed by atoms with Gasteiger partial charge in [0, 0.05) is 18.0 Å². The van der Waals surface area contributed by atoms with Crippen LogP contribution in [0.2, 0.25) is 0 Å². The van der Waals surface area contributed by atoms with Gasteiger partial charge in [0.25, 0.3) is 5.56 Å². The summed E-state index contributed by atoms with van der Waals surface area (Å²) in [6.07, 6.45) is 3.43. The monoisotopic (exact) mass is 274 g/mol. The molecule has 0 aliphatic carbocycles. The molecule has 2 heterocycles. The van der Waals surface area contributed by atoms with Crippen molar-refractivity contribution in [2.45, 2.75) is 40.5 Å². The summed E-state index contributed by atoms with van der Waals surface area (Å²) in [4.78, 5) is 16.4. The maximum Gasteiger partial charge on any atom is 0.258 e. The molecule has 4 heteroatoms. The average Bonchev–Trinajstić information content (AvgIpc) is 2.28. The molecule has 2 aromatic heterocycles. The molecule has 0 saturated carbocycles. The highest BCUT2D eigenvalue weighted by Gasteiger charge is 2.17. The van der Waals surface area contributed by atoms with Gasteiger partial charge in [-0.2, -0.15) is 0 Å². The number of fused-ring (bicyclic) bond motifs is 1. The Morgan fingerprint density at radius 2 is 2.10 bits per heavy atom. The summed E-state index contributed by atoms with van der Waals surface area (Å²) in [5.41, 5.74) is 1.18. The second-order valence-electron chi connectivity index (χ2n) is 6.75. The molecule has 0 aromatic carbocycles. The van der Waals surface area contributed by atoms with Gasteiger partial charge >= 0.3 is 0 Å². The molecule has 0 saturated heterocycles. The number of nitrogens with zero attached hydrogens (tertiary/aromatic N) is 2. The molecule has 1 unspecified atom stereocenters. The Labute approximate surface area is 119 Å². The third-order valence-electron chi connectivity index (χ3n) is 3.24. The zero-order valence-corrected chi connectivity index (χ0v) is 12.6. The van der Waals surface area contributed by atoms with Crippen molar-refractivity contribution < 1.29 is 5.11 Å². The van der Waals surface area contributed by atoms with Crippen molar-refractivity contribution in [1.82, 2.24) is 9.38 Å². The molecule has 2 rings (SSSR count). The number of hydrogen-bond acceptors (Lipinski definition) is 3. The first-order valence-corrected chi connectivity index (χ1v) is 6.96. The fraction of sp³-hybridized carbons (Fsp3) is 0.500. The SMILES string of the molecule is CC(Cc1cc(=O)n2cccc(O)c2n1)CC(C)(C)C. The lowest BCUT2D eigenvalue weighted by Gasteiger charge is -2.23. The van der Waals surface area contributed by atoms with Crippen LogP contribution in [0.3, 0.4) is 0 Å². The second-order valence-corrected chi connectivity index (χ2v) is 6.75. The number of pyridine rings is 1. The summed E-state index contributed by atoms with van der Waals surface area (Å²) < 4.78 is 1.37. The standard InChI is InChI=1S/C16H22N2O2/c1-11(10-16(2,3)4)8-12-9-14(20)18-7-5-6-13(19)15(18)17-12/h5-7,9,11,19H,8,10H2,1-4H3. The molecule has 0 aliphatic rings. The molecular formula is C16H22N2O2. The van der Waals surface area contributed by atoms with Gasteiger partial charge in [0.05, 0.1) is 0 Å². The van der Waals surface area contributed by atoms with Gasteiger partial charge in [-0.3, -0.25) is 9.20 Å². The topological polar surface area (TPSA) is 54.6 Å². The highest BCUT2D eigenvalue weighted by molar-refractivity contribution is 5.52. The van der Waals surface area contributed by atoms with Crippen molar-refractivity contribution in [3.63, 3.8) is 0 Å². The molecule has 0 fully saturated rings. The molecule has 0 aliphatic heterocycles. The summed E-state index contributed by atoms with van der Waals surface area (Å²) in [5, 5.41) is 9.82. The Bertz CT molecular complexity index is 668. The molecule has 1 N–H and O–H groups in total. The summed E-state index contributed by atoms with van der Waals surface area (Å²) in [6, 6.07) is 4.74. The van der Waals surface area contributed by atoms with Crippen molar-refractivity contribution in [3.05, 3.63) is 40.4 Å². The van der Waals surface area contributed by atoms with Crippen molar-refractivity contribution in [3.8, 4) is 5.75 Å². The van der Waals surface area contributed by atoms with Crippen LogP contribution in [0.5, 0.6) is 5.75 Å². The van der Waals surface area contributed by atoms with Crippen LogP contribution in [0.25, 0.3) is 5.65 Å². The molecule has 0 amide bonds. The Morgan fingerprint density at radius 3 is 2.75 bits per heavy atom. The number of hydrogen-bond donors (Lipinski definition) is 1. The molecule has 2 aromatic rings. The van der Waals surface area contributed by atoms with E-state index in [1.807, 2.05) is 0 Å². The number of rotatable bonds is 3. The van der Waals surface area contributed by atoms with Crippen molar-refractivity contribution in [2.24, 2.45) is 11.3 Å². The Morgan fingerprint density at radius 1 is 1.40 bits per heavy atom. The summed E-state index contributed by atoms with van der Waals surface area (Å²) in [6.45, 7) is 8.79. The summed E-state index contributed by atoms with van der Waals surface area (Å²) in [5.74, 6) is 0.477. The molecule has 1 atom stereocenters. The highest BCUT2D eigenvalue weighted by Crippen LogP contribution is 2.26. The lowest BCUT2D eigenvalue weighted by molar-refractivity contribution is 0.305. The summed E-state index contributed by atoms with van der Waals surface area (Å²) >= 11 is 0. The van der Waals surface area contributed by atoms with Gasteiger partial charge in [-0.15, -0.1) is 0 Å². The van der Waals surface area contributed by atoms with Crippen molar-refractivity contribution >= 4 is 5.65 Å². The zero-order chi connectivity index (χ0) is 14.9. The second kappa shape index (κ2) is 5.27. The van der Waals surface area contributed by atoms with Gasteiger partial charge in [-0.05, 0) is 36.3 Å². The van der Waals surface area contributed by atoms with E-state index >= 15 is 0 Å². The molecule has 4 nitrogen and oxygen atoms in total. The first kappa shape index (κ1) is 14.6. The maximum absolute atomic E-state index is 12.0. The first-order chi connectivity index (χ1) is 9.26. The lowest BCUT2D eigenvalue weighted by Crippen LogP contribution is -2.18. The van der Waals surface area contributed by atoms with Crippen LogP contribution in [-0.4, -0.2) is 14.5 Å². The molecule has 20 heavy (non-hydrogen) atoms. The van der Waals surface area contributed by atoms with E-state index in [9.17, 15) is 9.90 Å². The zero-order valence-electron chi connectivity index (χ0n) is 12.6. The minimum atomic E-state index is -0.149. The third-order valence-corrected chi connectivity index (χ3v) is 3.24. The van der Waals surface area contributed by atoms with Crippen LogP contribution in [-0.2, 0) is 6.42 Å². The van der Waals surface area contributed by atoms with E-state index in [2.05, 4.69) is 32.7 Å². The largest absolute Gasteiger partial charge is 0.504 e. The van der Waals surface area contributed by atoms with Crippen LogP contribution < -0.4 is 5.56 Å². The van der Waals surface area contributed by atoms with Crippen LogP contribution in [0.1, 0.15) is 39.8 Å². The molecule has 0 radical (unpaired) electrons. The van der Waals surface area contributed by atoms with Gasteiger partial charge in [0.1, 0.15) is 0 Å². The van der Waals surface area contributed by atoms with Crippen molar-refractivity contribution in [1.29, 1.82) is 0 Å². The van der Waals surface area contributed by atoms with Gasteiger partial charge in [-0.25, -0.2) is 4.98 Å². The van der Waals surface area contributed by atoms with E-state index in [0.717, 1.165) is 18.5 Å². The molecule has 0 spiro atoms. The van der Waals surface area contributed by atoms with Crippen LogP contribution >= 0.6 is 0 Å². The molecular weight excluding hydrogens is 252 g/mol. The first-order valence-electron chi connectivity index (χ1n) is 6.96. The van der Waals surface area contributed by atoms with Crippen molar-refractivity contribution in [2.75, 3.05) is 0 Å². The minimum absolute atomic E-state index is 0.0370. The smallest absolute Gasteiger partial charge is 0.258 e. The molecule has 108 valence electrons. The van der Waals surface area contributed by atoms with Gasteiger partial charge in [0.2, 0.25) is 0 Å². The Balaban J connectivity index is 2.32. The van der Waals surface area contributed by atoms with E-state index in [-0.39, 0.29) is 16.7 Å². The molecule has 0 bridgehead atoms. The fourth-order valence-electron chi connectivity index (χ4n) is 2.74. The van der Waals surface area contributed by atoms with E-state index in [4.69, 9.17) is 0 Å². The van der Waals surface area contributed by atoms with E-state index < -0.39 is 0 Å². The predicted molar refractivity (Wildman–Crippen MR) is 80.1 cm³/mol. The average molecular weight is 274 g/mol. The Hall–Kier alpha value is -1.84. The number of aromatic nitrogens is 2. The van der Waals surface area contributed by atoms with E-state index in [1.54, 1.807) is 24.4 Å². The maximum atomic E-state index is 12.0. The fourth-order valence-corrected chi connectivity index (χ4v) is 2.74. The summed E-state index contributed by atoms with van der Waals surface area (Å²) in [7, 11) is 0. The number of aromatic hydroxyl groups is 1. The highest BCUT2D eigenvalue weighted by atomic mass is 16.3. The normalized spacial score (nSPS) is 13.6. The van der Waals surface area contributed by atoms with Gasteiger partial charge in [0.15, 0.2) is 11.4 Å². The van der Waals surface area contributed by atoms with E-state index in [0.29, 0.717) is 11.6 Å². The Kier molecular flexibility index (Phi) is 3.84. The van der Waals surface area contributed by atoms with Crippen LogP contribution in [0.15, 0.2) is 29.2 Å². The van der Waals surface area contributed by atoms with Gasteiger partial charge in [-0.1, -0.05) is 27.7 Å². The van der Waals surface area contributed by atoms with Crippen LogP contribution in [0.4, 0.5) is 0 Å². The van der Waals surface area contributed by atoms with E-state index in [1.165, 1.54) is 4.40 Å². The quantitative estimate of drug-likeness (QED) is 0.936. The lowest BCUT2D eigenvalue weighted by atomic mass is 9.84. The predicted octanol–water partition coefficient (Wildman–Crippen LogP) is 3.01.